The number of rotatable bonds is 7. The van der Waals surface area contributed by atoms with Gasteiger partial charge in [0.05, 0.1) is 13.1 Å². The fraction of sp³-hybridized carbons (Fsp3) is 0.652. The van der Waals surface area contributed by atoms with E-state index >= 15 is 0 Å². The van der Waals surface area contributed by atoms with E-state index < -0.39 is 0 Å². The SMILES string of the molecule is CCc1ccccc1NC(=O)CN1CCN(CC(=O)N2CCCC[C@@H]2CC)CC1. The van der Waals surface area contributed by atoms with Crippen molar-refractivity contribution >= 4 is 17.5 Å². The number of benzene rings is 1. The first-order valence-corrected chi connectivity index (χ1v) is 11.2. The zero-order chi connectivity index (χ0) is 20.6. The predicted octanol–water partition coefficient (Wildman–Crippen LogP) is 2.60. The van der Waals surface area contributed by atoms with Crippen LogP contribution in [0.3, 0.4) is 0 Å². The van der Waals surface area contributed by atoms with Crippen LogP contribution in [0.4, 0.5) is 5.69 Å². The number of piperazine rings is 1. The number of anilines is 1. The summed E-state index contributed by atoms with van der Waals surface area (Å²) in [7, 11) is 0. The average molecular weight is 401 g/mol. The first kappa shape index (κ1) is 21.8. The van der Waals surface area contributed by atoms with E-state index in [2.05, 4.69) is 39.9 Å². The van der Waals surface area contributed by atoms with E-state index in [-0.39, 0.29) is 11.8 Å². The molecule has 0 saturated carbocycles. The van der Waals surface area contributed by atoms with Crippen LogP contribution in [0.5, 0.6) is 0 Å². The highest BCUT2D eigenvalue weighted by molar-refractivity contribution is 5.93. The number of nitrogens with zero attached hydrogens (tertiary/aromatic N) is 3. The lowest BCUT2D eigenvalue weighted by Crippen LogP contribution is -2.53. The van der Waals surface area contributed by atoms with Crippen molar-refractivity contribution in [1.29, 1.82) is 0 Å². The van der Waals surface area contributed by atoms with Crippen molar-refractivity contribution in [3.8, 4) is 0 Å². The molecule has 2 fully saturated rings. The van der Waals surface area contributed by atoms with Crippen LogP contribution in [0.15, 0.2) is 24.3 Å². The second-order valence-electron chi connectivity index (χ2n) is 8.26. The molecular weight excluding hydrogens is 364 g/mol. The minimum absolute atomic E-state index is 0.0366. The van der Waals surface area contributed by atoms with Gasteiger partial charge in [-0.3, -0.25) is 19.4 Å². The summed E-state index contributed by atoms with van der Waals surface area (Å²) in [5, 5.41) is 3.05. The highest BCUT2D eigenvalue weighted by Crippen LogP contribution is 2.20. The second kappa shape index (κ2) is 10.7. The molecule has 0 aliphatic carbocycles. The predicted molar refractivity (Wildman–Crippen MR) is 117 cm³/mol. The molecule has 6 nitrogen and oxygen atoms in total. The molecule has 3 rings (SSSR count). The molecule has 0 unspecified atom stereocenters. The second-order valence-corrected chi connectivity index (χ2v) is 8.26. The maximum Gasteiger partial charge on any atom is 0.238 e. The van der Waals surface area contributed by atoms with Crippen LogP contribution < -0.4 is 5.32 Å². The molecule has 29 heavy (non-hydrogen) atoms. The molecule has 6 heteroatoms. The van der Waals surface area contributed by atoms with Gasteiger partial charge >= 0.3 is 0 Å². The third kappa shape index (κ3) is 6.03. The van der Waals surface area contributed by atoms with Gasteiger partial charge in [0.25, 0.3) is 0 Å². The van der Waals surface area contributed by atoms with E-state index in [4.69, 9.17) is 0 Å². The Morgan fingerprint density at radius 3 is 2.34 bits per heavy atom. The number of carbonyl (C=O) groups excluding carboxylic acids is 2. The van der Waals surface area contributed by atoms with Gasteiger partial charge in [-0.25, -0.2) is 0 Å². The molecule has 0 spiro atoms. The molecule has 1 aromatic carbocycles. The van der Waals surface area contributed by atoms with Gasteiger partial charge in [0.1, 0.15) is 0 Å². The third-order valence-electron chi connectivity index (χ3n) is 6.28. The van der Waals surface area contributed by atoms with Crippen molar-refractivity contribution in [3.05, 3.63) is 29.8 Å². The van der Waals surface area contributed by atoms with Gasteiger partial charge in [0.15, 0.2) is 0 Å². The molecule has 0 aromatic heterocycles. The maximum absolute atomic E-state index is 12.8. The Hall–Kier alpha value is -1.92. The molecule has 0 radical (unpaired) electrons. The average Bonchev–Trinajstić information content (AvgIpc) is 2.75. The number of piperidine rings is 1. The van der Waals surface area contributed by atoms with Gasteiger partial charge in [-0.15, -0.1) is 0 Å². The summed E-state index contributed by atoms with van der Waals surface area (Å²) in [4.78, 5) is 31.7. The molecule has 2 heterocycles. The lowest BCUT2D eigenvalue weighted by Gasteiger charge is -2.38. The Balaban J connectivity index is 1.42. The summed E-state index contributed by atoms with van der Waals surface area (Å²) < 4.78 is 0. The van der Waals surface area contributed by atoms with E-state index in [1.54, 1.807) is 0 Å². The largest absolute Gasteiger partial charge is 0.339 e. The van der Waals surface area contributed by atoms with E-state index in [0.717, 1.165) is 69.7 Å². The van der Waals surface area contributed by atoms with Gasteiger partial charge in [0, 0.05) is 44.5 Å². The standard InChI is InChI=1S/C23H36N4O2/c1-3-19-9-5-6-11-21(19)24-22(28)17-25-13-15-26(16-14-25)18-23(29)27-12-8-7-10-20(27)4-2/h5-6,9,11,20H,3-4,7-8,10,12-18H2,1-2H3,(H,24,28)/t20-/m0/s1. The fourth-order valence-electron chi connectivity index (χ4n) is 4.48. The number of aryl methyl sites for hydroxylation is 1. The number of likely N-dealkylation sites (tertiary alicyclic amines) is 1. The highest BCUT2D eigenvalue weighted by Gasteiger charge is 2.28. The van der Waals surface area contributed by atoms with Gasteiger partial charge in [-0.2, -0.15) is 0 Å². The zero-order valence-electron chi connectivity index (χ0n) is 18.0. The van der Waals surface area contributed by atoms with Gasteiger partial charge in [-0.1, -0.05) is 32.0 Å². The van der Waals surface area contributed by atoms with Crippen molar-refractivity contribution in [2.24, 2.45) is 0 Å². The van der Waals surface area contributed by atoms with Crippen LogP contribution in [0, 0.1) is 0 Å². The molecule has 2 aliphatic rings. The summed E-state index contributed by atoms with van der Waals surface area (Å²) >= 11 is 0. The van der Waals surface area contributed by atoms with Crippen molar-refractivity contribution in [3.63, 3.8) is 0 Å². The van der Waals surface area contributed by atoms with Gasteiger partial charge < -0.3 is 10.2 Å². The van der Waals surface area contributed by atoms with Gasteiger partial charge in [0.2, 0.25) is 11.8 Å². The number of hydrogen-bond donors (Lipinski definition) is 1. The van der Waals surface area contributed by atoms with Crippen LogP contribution in [-0.2, 0) is 16.0 Å². The quantitative estimate of drug-likeness (QED) is 0.764. The molecule has 2 saturated heterocycles. The van der Waals surface area contributed by atoms with Crippen LogP contribution in [0.2, 0.25) is 0 Å². The van der Waals surface area contributed by atoms with Gasteiger partial charge in [-0.05, 0) is 43.7 Å². The highest BCUT2D eigenvalue weighted by atomic mass is 16.2. The summed E-state index contributed by atoms with van der Waals surface area (Å²) in [6.45, 7) is 9.45. The Labute approximate surface area is 175 Å². The van der Waals surface area contributed by atoms with E-state index in [1.165, 1.54) is 6.42 Å². The number of nitrogens with one attached hydrogen (secondary N) is 1. The summed E-state index contributed by atoms with van der Waals surface area (Å²) in [5.41, 5.74) is 2.07. The van der Waals surface area contributed by atoms with Crippen LogP contribution >= 0.6 is 0 Å². The lowest BCUT2D eigenvalue weighted by atomic mass is 10.00. The first-order chi connectivity index (χ1) is 14.1. The molecule has 1 atom stereocenters. The summed E-state index contributed by atoms with van der Waals surface area (Å²) in [6, 6.07) is 8.39. The number of carbonyl (C=O) groups is 2. The smallest absolute Gasteiger partial charge is 0.238 e. The number of para-hydroxylation sites is 1. The van der Waals surface area contributed by atoms with Crippen LogP contribution in [0.1, 0.15) is 45.1 Å². The molecule has 160 valence electrons. The van der Waals surface area contributed by atoms with Crippen LogP contribution in [-0.4, -0.2) is 78.4 Å². The van der Waals surface area contributed by atoms with Crippen molar-refractivity contribution < 1.29 is 9.59 Å². The molecule has 1 N–H and O–H groups in total. The van der Waals surface area contributed by atoms with Crippen molar-refractivity contribution in [2.45, 2.75) is 52.0 Å². The van der Waals surface area contributed by atoms with E-state index in [9.17, 15) is 9.59 Å². The monoisotopic (exact) mass is 400 g/mol. The Morgan fingerprint density at radius 2 is 1.66 bits per heavy atom. The molecular formula is C23H36N4O2. The van der Waals surface area contributed by atoms with E-state index in [1.807, 2.05) is 18.2 Å². The van der Waals surface area contributed by atoms with E-state index in [0.29, 0.717) is 19.1 Å². The topological polar surface area (TPSA) is 55.9 Å². The van der Waals surface area contributed by atoms with Crippen LogP contribution in [0.25, 0.3) is 0 Å². The molecule has 2 aliphatic heterocycles. The minimum atomic E-state index is 0.0366. The number of hydrogen-bond acceptors (Lipinski definition) is 4. The maximum atomic E-state index is 12.8. The Morgan fingerprint density at radius 1 is 0.966 bits per heavy atom. The third-order valence-corrected chi connectivity index (χ3v) is 6.28. The zero-order valence-corrected chi connectivity index (χ0v) is 18.0. The fourth-order valence-corrected chi connectivity index (χ4v) is 4.48. The number of amides is 2. The Bertz CT molecular complexity index is 685. The lowest BCUT2D eigenvalue weighted by molar-refractivity contribution is -0.136. The van der Waals surface area contributed by atoms with Crippen molar-refractivity contribution in [1.82, 2.24) is 14.7 Å². The Kier molecular flexibility index (Phi) is 8.07. The summed E-state index contributed by atoms with van der Waals surface area (Å²) in [5.74, 6) is 0.313. The summed E-state index contributed by atoms with van der Waals surface area (Å²) in [6.07, 6.45) is 5.47. The molecule has 0 bridgehead atoms. The normalized spacial score (nSPS) is 21.2. The minimum Gasteiger partial charge on any atom is -0.339 e. The van der Waals surface area contributed by atoms with Crippen molar-refractivity contribution in [2.75, 3.05) is 51.1 Å². The molecule has 1 aromatic rings. The molecule has 2 amide bonds. The first-order valence-electron chi connectivity index (χ1n) is 11.2.